The highest BCUT2D eigenvalue weighted by Gasteiger charge is 2.36. The molecule has 0 N–H and O–H groups in total. The van der Waals surface area contributed by atoms with Crippen LogP contribution >= 0.6 is 0 Å². The van der Waals surface area contributed by atoms with E-state index in [0.29, 0.717) is 29.5 Å². The molecule has 5 heteroatoms. The summed E-state index contributed by atoms with van der Waals surface area (Å²) in [4.78, 5) is 21.2. The average molecular weight is 320 g/mol. The zero-order valence-corrected chi connectivity index (χ0v) is 13.4. The van der Waals surface area contributed by atoms with Crippen LogP contribution in [0.4, 0.5) is 0 Å². The molecule has 0 bridgehead atoms. The second-order valence-corrected chi connectivity index (χ2v) is 5.89. The van der Waals surface area contributed by atoms with Gasteiger partial charge >= 0.3 is 0 Å². The maximum Gasteiger partial charge on any atom is 0.260 e. The van der Waals surface area contributed by atoms with Crippen LogP contribution in [0.15, 0.2) is 52.4 Å². The molecule has 4 rings (SSSR count). The molecule has 0 aliphatic carbocycles. The van der Waals surface area contributed by atoms with Gasteiger partial charge in [0, 0.05) is 0 Å². The van der Waals surface area contributed by atoms with Crippen molar-refractivity contribution in [3.8, 4) is 11.5 Å². The minimum Gasteiger partial charge on any atom is -0.496 e. The number of carbonyl (C=O) groups excluding carboxylic acids is 1. The van der Waals surface area contributed by atoms with Gasteiger partial charge < -0.3 is 9.47 Å². The third-order valence-electron chi connectivity index (χ3n) is 4.23. The number of aliphatic imine (C=N–C) groups is 2. The summed E-state index contributed by atoms with van der Waals surface area (Å²) >= 11 is 0. The summed E-state index contributed by atoms with van der Waals surface area (Å²) in [7, 11) is 1.58. The van der Waals surface area contributed by atoms with Gasteiger partial charge in [0.1, 0.15) is 17.4 Å². The molecule has 120 valence electrons. The number of hydrogen-bond donors (Lipinski definition) is 0. The standard InChI is InChI=1S/C19H16N2O3/c1-11-7-8-15-12(9-11)10-14-18(22)20-17(21-19(14)24-15)13-5-3-4-6-16(13)23-2/h3-9,14H,10H2,1-2H3. The van der Waals surface area contributed by atoms with Crippen molar-refractivity contribution in [1.29, 1.82) is 0 Å². The summed E-state index contributed by atoms with van der Waals surface area (Å²) in [5.74, 6) is 1.45. The zero-order valence-electron chi connectivity index (χ0n) is 13.4. The molecule has 2 aromatic carbocycles. The van der Waals surface area contributed by atoms with Gasteiger partial charge in [-0.05, 0) is 37.1 Å². The van der Waals surface area contributed by atoms with E-state index in [-0.39, 0.29) is 5.91 Å². The van der Waals surface area contributed by atoms with E-state index in [1.54, 1.807) is 7.11 Å². The van der Waals surface area contributed by atoms with Gasteiger partial charge in [-0.1, -0.05) is 29.8 Å². The molecule has 2 heterocycles. The molecule has 2 aromatic rings. The Bertz CT molecular complexity index is 899. The molecule has 1 amide bonds. The molecule has 5 nitrogen and oxygen atoms in total. The Morgan fingerprint density at radius 2 is 2.00 bits per heavy atom. The number of para-hydroxylation sites is 1. The molecular formula is C19H16N2O3. The lowest BCUT2D eigenvalue weighted by Crippen LogP contribution is -2.37. The monoisotopic (exact) mass is 320 g/mol. The molecule has 2 aliphatic rings. The molecule has 0 saturated carbocycles. The quantitative estimate of drug-likeness (QED) is 0.855. The highest BCUT2D eigenvalue weighted by atomic mass is 16.5. The van der Waals surface area contributed by atoms with Gasteiger partial charge in [0.15, 0.2) is 5.84 Å². The van der Waals surface area contributed by atoms with Crippen LogP contribution in [0.5, 0.6) is 11.5 Å². The number of amidine groups is 1. The Morgan fingerprint density at radius 1 is 1.17 bits per heavy atom. The number of fused-ring (bicyclic) bond motifs is 2. The number of aryl methyl sites for hydroxylation is 1. The molecule has 2 aliphatic heterocycles. The number of benzene rings is 2. The van der Waals surface area contributed by atoms with Crippen molar-refractivity contribution < 1.29 is 14.3 Å². The van der Waals surface area contributed by atoms with Crippen LogP contribution < -0.4 is 9.47 Å². The lowest BCUT2D eigenvalue weighted by Gasteiger charge is -2.27. The van der Waals surface area contributed by atoms with E-state index < -0.39 is 5.92 Å². The lowest BCUT2D eigenvalue weighted by molar-refractivity contribution is -0.120. The van der Waals surface area contributed by atoms with Crippen LogP contribution in [-0.4, -0.2) is 24.8 Å². The van der Waals surface area contributed by atoms with Gasteiger partial charge in [-0.2, -0.15) is 9.98 Å². The highest BCUT2D eigenvalue weighted by Crippen LogP contribution is 2.32. The lowest BCUT2D eigenvalue weighted by atomic mass is 9.93. The van der Waals surface area contributed by atoms with Crippen LogP contribution in [0.1, 0.15) is 16.7 Å². The Hall–Kier alpha value is -2.95. The first-order valence-electron chi connectivity index (χ1n) is 7.77. The van der Waals surface area contributed by atoms with Gasteiger partial charge in [-0.15, -0.1) is 0 Å². The van der Waals surface area contributed by atoms with Crippen molar-refractivity contribution in [3.05, 3.63) is 59.2 Å². The fourth-order valence-corrected chi connectivity index (χ4v) is 3.01. The Balaban J connectivity index is 1.75. The summed E-state index contributed by atoms with van der Waals surface area (Å²) in [6, 6.07) is 13.3. The van der Waals surface area contributed by atoms with E-state index >= 15 is 0 Å². The van der Waals surface area contributed by atoms with Crippen molar-refractivity contribution in [1.82, 2.24) is 0 Å². The van der Waals surface area contributed by atoms with Crippen molar-refractivity contribution in [3.63, 3.8) is 0 Å². The van der Waals surface area contributed by atoms with E-state index in [1.165, 1.54) is 0 Å². The van der Waals surface area contributed by atoms with E-state index in [2.05, 4.69) is 9.98 Å². The van der Waals surface area contributed by atoms with Crippen molar-refractivity contribution in [2.75, 3.05) is 7.11 Å². The summed E-state index contributed by atoms with van der Waals surface area (Å²) in [5, 5.41) is 0. The fraction of sp³-hybridized carbons (Fsp3) is 0.211. The Morgan fingerprint density at radius 3 is 2.83 bits per heavy atom. The third-order valence-corrected chi connectivity index (χ3v) is 4.23. The Kier molecular flexibility index (Phi) is 3.41. The predicted octanol–water partition coefficient (Wildman–Crippen LogP) is 2.94. The van der Waals surface area contributed by atoms with E-state index in [0.717, 1.165) is 16.9 Å². The van der Waals surface area contributed by atoms with Gasteiger partial charge in [0.2, 0.25) is 5.90 Å². The molecule has 1 atom stereocenters. The first kappa shape index (κ1) is 14.6. The van der Waals surface area contributed by atoms with Crippen molar-refractivity contribution in [2.24, 2.45) is 15.9 Å². The number of hydrogen-bond acceptors (Lipinski definition) is 4. The number of methoxy groups -OCH3 is 1. The van der Waals surface area contributed by atoms with Crippen molar-refractivity contribution in [2.45, 2.75) is 13.3 Å². The minimum absolute atomic E-state index is 0.229. The highest BCUT2D eigenvalue weighted by molar-refractivity contribution is 6.20. The van der Waals surface area contributed by atoms with Crippen LogP contribution in [0.2, 0.25) is 0 Å². The normalized spacial score (nSPS) is 18.8. The summed E-state index contributed by atoms with van der Waals surface area (Å²) < 4.78 is 11.2. The molecule has 0 aromatic heterocycles. The van der Waals surface area contributed by atoms with Gasteiger partial charge in [-0.25, -0.2) is 0 Å². The van der Waals surface area contributed by atoms with Crippen LogP contribution in [0.3, 0.4) is 0 Å². The van der Waals surface area contributed by atoms with Gasteiger partial charge in [-0.3, -0.25) is 4.79 Å². The number of rotatable bonds is 2. The van der Waals surface area contributed by atoms with Gasteiger partial charge in [0.25, 0.3) is 5.91 Å². The number of carbonyl (C=O) groups is 1. The second kappa shape index (κ2) is 5.60. The fourth-order valence-electron chi connectivity index (χ4n) is 3.01. The number of nitrogens with zero attached hydrogens (tertiary/aromatic N) is 2. The molecule has 0 fully saturated rings. The first-order valence-corrected chi connectivity index (χ1v) is 7.77. The maximum absolute atomic E-state index is 12.5. The average Bonchev–Trinajstić information content (AvgIpc) is 2.60. The largest absolute Gasteiger partial charge is 0.496 e. The molecular weight excluding hydrogens is 304 g/mol. The zero-order chi connectivity index (χ0) is 16.7. The molecule has 0 saturated heterocycles. The Labute approximate surface area is 139 Å². The van der Waals surface area contributed by atoms with Crippen LogP contribution in [-0.2, 0) is 11.2 Å². The van der Waals surface area contributed by atoms with E-state index in [1.807, 2.05) is 49.4 Å². The minimum atomic E-state index is -0.447. The molecule has 0 spiro atoms. The smallest absolute Gasteiger partial charge is 0.260 e. The van der Waals surface area contributed by atoms with Gasteiger partial charge in [0.05, 0.1) is 12.7 Å². The van der Waals surface area contributed by atoms with E-state index in [9.17, 15) is 4.79 Å². The topological polar surface area (TPSA) is 60.2 Å². The molecule has 0 radical (unpaired) electrons. The summed E-state index contributed by atoms with van der Waals surface area (Å²) in [5.41, 5.74) is 2.83. The molecule has 1 unspecified atom stereocenters. The predicted molar refractivity (Wildman–Crippen MR) is 91.0 cm³/mol. The van der Waals surface area contributed by atoms with Crippen LogP contribution in [0.25, 0.3) is 0 Å². The SMILES string of the molecule is COc1ccccc1C1=NC(=O)C2Cc3cc(C)ccc3OC2=N1. The molecule has 24 heavy (non-hydrogen) atoms. The number of amides is 1. The summed E-state index contributed by atoms with van der Waals surface area (Å²) in [6.07, 6.45) is 0.567. The van der Waals surface area contributed by atoms with Crippen LogP contribution in [0, 0.1) is 12.8 Å². The summed E-state index contributed by atoms with van der Waals surface area (Å²) in [6.45, 7) is 2.02. The third kappa shape index (κ3) is 2.38. The maximum atomic E-state index is 12.5. The van der Waals surface area contributed by atoms with Crippen molar-refractivity contribution >= 4 is 17.6 Å². The second-order valence-electron chi connectivity index (χ2n) is 5.89. The van der Waals surface area contributed by atoms with E-state index in [4.69, 9.17) is 9.47 Å². The number of ether oxygens (including phenoxy) is 2. The first-order chi connectivity index (χ1) is 11.7.